The first-order valence-corrected chi connectivity index (χ1v) is 10.4. The van der Waals surface area contributed by atoms with E-state index in [1.165, 1.54) is 0 Å². The van der Waals surface area contributed by atoms with Crippen LogP contribution in [0.4, 0.5) is 5.82 Å². The van der Waals surface area contributed by atoms with Gasteiger partial charge >= 0.3 is 0 Å². The molecular weight excluding hydrogens is 402 g/mol. The highest BCUT2D eigenvalue weighted by Gasteiger charge is 2.56. The normalized spacial score (nSPS) is 25.2. The maximum absolute atomic E-state index is 10.3. The number of aliphatic hydroxyl groups is 1. The van der Waals surface area contributed by atoms with E-state index in [9.17, 15) is 5.11 Å². The molecule has 1 N–H and O–H groups in total. The molecule has 0 radical (unpaired) electrons. The first-order chi connectivity index (χ1) is 12.1. The molecule has 25 heavy (non-hydrogen) atoms. The summed E-state index contributed by atoms with van der Waals surface area (Å²) in [5.41, 5.74) is 0.849. The van der Waals surface area contributed by atoms with E-state index in [1.807, 2.05) is 25.1 Å². The van der Waals surface area contributed by atoms with Crippen molar-refractivity contribution in [3.8, 4) is 10.6 Å². The highest BCUT2D eigenvalue weighted by atomic mass is 79.9. The van der Waals surface area contributed by atoms with Crippen molar-refractivity contribution >= 4 is 33.1 Å². The van der Waals surface area contributed by atoms with Crippen molar-refractivity contribution < 1.29 is 9.84 Å². The maximum atomic E-state index is 10.3. The van der Waals surface area contributed by atoms with E-state index < -0.39 is 0 Å². The van der Waals surface area contributed by atoms with Gasteiger partial charge in [0.05, 0.1) is 20.9 Å². The van der Waals surface area contributed by atoms with Gasteiger partial charge in [0.15, 0.2) is 5.82 Å². The van der Waals surface area contributed by atoms with Crippen LogP contribution in [0.1, 0.15) is 26.2 Å². The molecule has 0 unspecified atom stereocenters. The second kappa shape index (κ2) is 6.95. The summed E-state index contributed by atoms with van der Waals surface area (Å²) in [5, 5.41) is 19.1. The number of nitrogens with zero attached hydrogens (tertiary/aromatic N) is 3. The van der Waals surface area contributed by atoms with Gasteiger partial charge in [-0.05, 0) is 60.0 Å². The van der Waals surface area contributed by atoms with Crippen molar-refractivity contribution in [2.45, 2.75) is 38.4 Å². The fourth-order valence-electron chi connectivity index (χ4n) is 4.05. The quantitative estimate of drug-likeness (QED) is 0.811. The third-order valence-corrected chi connectivity index (χ3v) is 7.25. The van der Waals surface area contributed by atoms with Crippen LogP contribution in [0.25, 0.3) is 10.6 Å². The Hall–Kier alpha value is -1.02. The standard InChI is InChI=1S/C18H22BrN3O2S/c1-2-24-15-11-14(23)18(15)7-9-22(10-8-18)17-6-3-12(20-21-17)13-4-5-16(19)25-13/h3-6,14-15,23H,2,7-11H2,1H3/t14-,15+/m1/s1. The lowest BCUT2D eigenvalue weighted by Crippen LogP contribution is -2.62. The number of aliphatic hydroxyl groups excluding tert-OH is 1. The fraction of sp³-hybridized carbons (Fsp3) is 0.556. The van der Waals surface area contributed by atoms with Crippen molar-refractivity contribution in [3.63, 3.8) is 0 Å². The first kappa shape index (κ1) is 17.4. The predicted octanol–water partition coefficient (Wildman–Crippen LogP) is 3.72. The molecule has 2 aromatic rings. The Balaban J connectivity index is 1.42. The number of anilines is 1. The zero-order valence-corrected chi connectivity index (χ0v) is 16.6. The van der Waals surface area contributed by atoms with E-state index in [0.717, 1.165) is 52.5 Å². The largest absolute Gasteiger partial charge is 0.392 e. The molecule has 7 heteroatoms. The van der Waals surface area contributed by atoms with Crippen molar-refractivity contribution in [1.82, 2.24) is 10.2 Å². The fourth-order valence-corrected chi connectivity index (χ4v) is 5.40. The predicted molar refractivity (Wildman–Crippen MR) is 103 cm³/mol. The van der Waals surface area contributed by atoms with E-state index >= 15 is 0 Å². The van der Waals surface area contributed by atoms with Gasteiger partial charge < -0.3 is 14.7 Å². The smallest absolute Gasteiger partial charge is 0.151 e. The van der Waals surface area contributed by atoms with Gasteiger partial charge in [0.2, 0.25) is 0 Å². The van der Waals surface area contributed by atoms with Crippen LogP contribution in [-0.2, 0) is 4.74 Å². The molecule has 2 atom stereocenters. The van der Waals surface area contributed by atoms with Gasteiger partial charge in [-0.2, -0.15) is 0 Å². The molecule has 1 saturated heterocycles. The van der Waals surface area contributed by atoms with Crippen LogP contribution in [0.5, 0.6) is 0 Å². The zero-order chi connectivity index (χ0) is 17.4. The number of rotatable bonds is 4. The molecule has 1 aliphatic carbocycles. The highest BCUT2D eigenvalue weighted by molar-refractivity contribution is 9.11. The Bertz CT molecular complexity index is 726. The van der Waals surface area contributed by atoms with Crippen molar-refractivity contribution in [3.05, 3.63) is 28.1 Å². The molecule has 1 aliphatic heterocycles. The molecular formula is C18H22BrN3O2S. The summed E-state index contributed by atoms with van der Waals surface area (Å²) in [4.78, 5) is 3.38. The summed E-state index contributed by atoms with van der Waals surface area (Å²) in [6, 6.07) is 8.16. The van der Waals surface area contributed by atoms with Gasteiger partial charge in [-0.25, -0.2) is 0 Å². The number of piperidine rings is 1. The first-order valence-electron chi connectivity index (χ1n) is 8.76. The molecule has 2 aliphatic rings. The van der Waals surface area contributed by atoms with Gasteiger partial charge in [-0.15, -0.1) is 21.5 Å². The van der Waals surface area contributed by atoms with Gasteiger partial charge in [-0.1, -0.05) is 0 Å². The minimum Gasteiger partial charge on any atom is -0.392 e. The van der Waals surface area contributed by atoms with Gasteiger partial charge in [-0.3, -0.25) is 0 Å². The molecule has 4 rings (SSSR count). The van der Waals surface area contributed by atoms with Crippen molar-refractivity contribution in [2.24, 2.45) is 5.41 Å². The maximum Gasteiger partial charge on any atom is 0.151 e. The number of hydrogen-bond acceptors (Lipinski definition) is 6. The number of halogens is 1. The van der Waals surface area contributed by atoms with Crippen LogP contribution >= 0.6 is 27.3 Å². The zero-order valence-electron chi connectivity index (χ0n) is 14.2. The highest BCUT2D eigenvalue weighted by Crippen LogP contribution is 2.51. The van der Waals surface area contributed by atoms with E-state index in [0.29, 0.717) is 6.61 Å². The Kier molecular flexibility index (Phi) is 4.83. The number of thiophene rings is 1. The number of ether oxygens (including phenoxy) is 1. The third kappa shape index (κ3) is 3.12. The van der Waals surface area contributed by atoms with Gasteiger partial charge in [0.25, 0.3) is 0 Å². The molecule has 0 bridgehead atoms. The lowest BCUT2D eigenvalue weighted by atomic mass is 9.58. The topological polar surface area (TPSA) is 58.5 Å². The summed E-state index contributed by atoms with van der Waals surface area (Å²) in [6.45, 7) is 4.52. The SMILES string of the molecule is CCO[C@H]1C[C@@H](O)C12CCN(c1ccc(-c3ccc(Br)s3)nn1)CC2. The second-order valence-electron chi connectivity index (χ2n) is 6.80. The van der Waals surface area contributed by atoms with Crippen LogP contribution < -0.4 is 4.90 Å². The van der Waals surface area contributed by atoms with E-state index in [-0.39, 0.29) is 17.6 Å². The van der Waals surface area contributed by atoms with E-state index in [4.69, 9.17) is 4.74 Å². The Morgan fingerprint density at radius 1 is 1.28 bits per heavy atom. The Morgan fingerprint density at radius 2 is 2.08 bits per heavy atom. The molecule has 0 aromatic carbocycles. The lowest BCUT2D eigenvalue weighted by Gasteiger charge is -2.56. The Labute approximate surface area is 160 Å². The third-order valence-electron chi connectivity index (χ3n) is 5.60. The minimum absolute atomic E-state index is 0.0525. The summed E-state index contributed by atoms with van der Waals surface area (Å²) in [7, 11) is 0. The second-order valence-corrected chi connectivity index (χ2v) is 9.26. The summed E-state index contributed by atoms with van der Waals surface area (Å²) < 4.78 is 6.94. The van der Waals surface area contributed by atoms with Crippen LogP contribution in [-0.4, -0.2) is 47.2 Å². The summed E-state index contributed by atoms with van der Waals surface area (Å²) in [5.74, 6) is 0.913. The van der Waals surface area contributed by atoms with Gasteiger partial charge in [0.1, 0.15) is 5.69 Å². The van der Waals surface area contributed by atoms with Gasteiger partial charge in [0, 0.05) is 31.5 Å². The van der Waals surface area contributed by atoms with E-state index in [1.54, 1.807) is 11.3 Å². The summed E-state index contributed by atoms with van der Waals surface area (Å²) in [6.07, 6.45) is 2.65. The van der Waals surface area contributed by atoms with Crippen LogP contribution in [0.15, 0.2) is 28.1 Å². The molecule has 2 aromatic heterocycles. The number of aromatic nitrogens is 2. The molecule has 1 saturated carbocycles. The van der Waals surface area contributed by atoms with Crippen LogP contribution in [0, 0.1) is 5.41 Å². The van der Waals surface area contributed by atoms with Crippen molar-refractivity contribution in [1.29, 1.82) is 0 Å². The van der Waals surface area contributed by atoms with E-state index in [2.05, 4.69) is 37.1 Å². The molecule has 134 valence electrons. The molecule has 3 heterocycles. The molecule has 1 spiro atoms. The monoisotopic (exact) mass is 423 g/mol. The molecule has 2 fully saturated rings. The minimum atomic E-state index is -0.225. The average molecular weight is 424 g/mol. The molecule has 0 amide bonds. The average Bonchev–Trinajstić information content (AvgIpc) is 3.08. The lowest BCUT2D eigenvalue weighted by molar-refractivity contribution is -0.199. The van der Waals surface area contributed by atoms with Crippen LogP contribution in [0.3, 0.4) is 0 Å². The van der Waals surface area contributed by atoms with Crippen LogP contribution in [0.2, 0.25) is 0 Å². The molecule has 5 nitrogen and oxygen atoms in total. The Morgan fingerprint density at radius 3 is 2.64 bits per heavy atom. The number of hydrogen-bond donors (Lipinski definition) is 1. The van der Waals surface area contributed by atoms with Crippen molar-refractivity contribution in [2.75, 3.05) is 24.6 Å². The summed E-state index contributed by atoms with van der Waals surface area (Å²) >= 11 is 5.14.